The molecule has 0 bridgehead atoms. The molecule has 0 spiro atoms. The third-order valence-corrected chi connectivity index (χ3v) is 1.48. The van der Waals surface area contributed by atoms with E-state index >= 15 is 0 Å². The van der Waals surface area contributed by atoms with Gasteiger partial charge < -0.3 is 5.32 Å². The summed E-state index contributed by atoms with van der Waals surface area (Å²) < 4.78 is 0. The Labute approximate surface area is 65.2 Å². The summed E-state index contributed by atoms with van der Waals surface area (Å²) >= 11 is 0. The first kappa shape index (κ1) is 9.96. The second-order valence-electron chi connectivity index (χ2n) is 4.06. The van der Waals surface area contributed by atoms with Gasteiger partial charge in [0.2, 0.25) is 0 Å². The zero-order valence-electron chi connectivity index (χ0n) is 7.83. The average molecular weight is 143 g/mol. The van der Waals surface area contributed by atoms with Crippen LogP contribution in [0.5, 0.6) is 0 Å². The molecule has 0 aromatic carbocycles. The summed E-state index contributed by atoms with van der Waals surface area (Å²) in [5.74, 6) is 0. The smallest absolute Gasteiger partial charge is 0.00439 e. The molecule has 1 heteroatoms. The lowest BCUT2D eigenvalue weighted by Crippen LogP contribution is -2.20. The monoisotopic (exact) mass is 143 g/mol. The molecule has 0 atom stereocenters. The first-order valence-electron chi connectivity index (χ1n) is 4.27. The van der Waals surface area contributed by atoms with Crippen LogP contribution < -0.4 is 5.32 Å². The van der Waals surface area contributed by atoms with Crippen molar-refractivity contribution in [2.24, 2.45) is 5.41 Å². The quantitative estimate of drug-likeness (QED) is 0.596. The number of rotatable bonds is 4. The largest absolute Gasteiger partial charge is 0.317 e. The molecule has 0 rings (SSSR count). The average Bonchev–Trinajstić information content (AvgIpc) is 1.78. The fourth-order valence-corrected chi connectivity index (χ4v) is 0.765. The van der Waals surface area contributed by atoms with Gasteiger partial charge in [-0.1, -0.05) is 27.7 Å². The Balaban J connectivity index is 3.04. The van der Waals surface area contributed by atoms with E-state index in [-0.39, 0.29) is 0 Å². The minimum absolute atomic E-state index is 0.487. The maximum Gasteiger partial charge on any atom is -0.00439 e. The van der Waals surface area contributed by atoms with E-state index in [0.717, 1.165) is 13.1 Å². The molecule has 0 aliphatic heterocycles. The van der Waals surface area contributed by atoms with Gasteiger partial charge in [-0.25, -0.2) is 0 Å². The van der Waals surface area contributed by atoms with E-state index in [1.165, 1.54) is 12.8 Å². The topological polar surface area (TPSA) is 12.0 Å². The van der Waals surface area contributed by atoms with Gasteiger partial charge in [-0.2, -0.15) is 0 Å². The summed E-state index contributed by atoms with van der Waals surface area (Å²) in [5, 5.41) is 3.39. The summed E-state index contributed by atoms with van der Waals surface area (Å²) in [6.07, 6.45) is 2.51. The molecule has 0 heterocycles. The highest BCUT2D eigenvalue weighted by atomic mass is 14.8. The highest BCUT2D eigenvalue weighted by molar-refractivity contribution is 4.62. The van der Waals surface area contributed by atoms with Crippen molar-refractivity contribution in [1.82, 2.24) is 5.32 Å². The van der Waals surface area contributed by atoms with Gasteiger partial charge in [-0.3, -0.25) is 0 Å². The van der Waals surface area contributed by atoms with E-state index in [4.69, 9.17) is 0 Å². The lowest BCUT2D eigenvalue weighted by Gasteiger charge is -2.17. The van der Waals surface area contributed by atoms with Crippen molar-refractivity contribution in [2.75, 3.05) is 13.1 Å². The van der Waals surface area contributed by atoms with Gasteiger partial charge in [0, 0.05) is 0 Å². The van der Waals surface area contributed by atoms with Crippen LogP contribution in [0.25, 0.3) is 0 Å². The van der Waals surface area contributed by atoms with E-state index in [9.17, 15) is 0 Å². The van der Waals surface area contributed by atoms with E-state index in [0.29, 0.717) is 5.41 Å². The number of nitrogens with one attached hydrogen (secondary N) is 1. The molecule has 0 unspecified atom stereocenters. The number of hydrogen-bond acceptors (Lipinski definition) is 1. The molecule has 10 heavy (non-hydrogen) atoms. The molecule has 0 aliphatic carbocycles. The molecule has 0 radical (unpaired) electrons. The summed E-state index contributed by atoms with van der Waals surface area (Å²) in [5.41, 5.74) is 0.487. The third-order valence-electron chi connectivity index (χ3n) is 1.48. The fraction of sp³-hybridized carbons (Fsp3) is 1.00. The van der Waals surface area contributed by atoms with Crippen LogP contribution in [0.2, 0.25) is 0 Å². The maximum absolute atomic E-state index is 3.39. The summed E-state index contributed by atoms with van der Waals surface area (Å²) in [6, 6.07) is 0. The SMILES string of the molecule is CCCNCCC(C)(C)C. The first-order chi connectivity index (χ1) is 4.56. The van der Waals surface area contributed by atoms with Crippen LogP contribution in [0, 0.1) is 5.41 Å². The lowest BCUT2D eigenvalue weighted by molar-refractivity contribution is 0.367. The Bertz CT molecular complexity index is 71.3. The normalized spacial score (nSPS) is 12.0. The Morgan fingerprint density at radius 3 is 2.10 bits per heavy atom. The Morgan fingerprint density at radius 2 is 1.70 bits per heavy atom. The molecular formula is C9H21N. The zero-order valence-corrected chi connectivity index (χ0v) is 7.83. The molecule has 1 N–H and O–H groups in total. The molecule has 0 saturated heterocycles. The molecule has 0 amide bonds. The lowest BCUT2D eigenvalue weighted by atomic mass is 9.92. The second kappa shape index (κ2) is 4.73. The fourth-order valence-electron chi connectivity index (χ4n) is 0.765. The standard InChI is InChI=1S/C9H21N/c1-5-7-10-8-6-9(2,3)4/h10H,5-8H2,1-4H3. The van der Waals surface area contributed by atoms with Gasteiger partial charge in [-0.05, 0) is 31.3 Å². The third kappa shape index (κ3) is 7.96. The second-order valence-corrected chi connectivity index (χ2v) is 4.06. The summed E-state index contributed by atoms with van der Waals surface area (Å²) in [7, 11) is 0. The van der Waals surface area contributed by atoms with Crippen molar-refractivity contribution in [3.05, 3.63) is 0 Å². The summed E-state index contributed by atoms with van der Waals surface area (Å²) in [4.78, 5) is 0. The highest BCUT2D eigenvalue weighted by Gasteiger charge is 2.07. The van der Waals surface area contributed by atoms with Gasteiger partial charge in [0.1, 0.15) is 0 Å². The van der Waals surface area contributed by atoms with Crippen LogP contribution in [0.3, 0.4) is 0 Å². The van der Waals surface area contributed by atoms with Crippen LogP contribution in [0.15, 0.2) is 0 Å². The molecule has 0 fully saturated rings. The van der Waals surface area contributed by atoms with Crippen molar-refractivity contribution in [2.45, 2.75) is 40.5 Å². The van der Waals surface area contributed by atoms with Crippen LogP contribution in [-0.4, -0.2) is 13.1 Å². The van der Waals surface area contributed by atoms with Crippen molar-refractivity contribution in [3.63, 3.8) is 0 Å². The predicted octanol–water partition coefficient (Wildman–Crippen LogP) is 2.42. The van der Waals surface area contributed by atoms with E-state index < -0.39 is 0 Å². The van der Waals surface area contributed by atoms with Crippen molar-refractivity contribution < 1.29 is 0 Å². The molecule has 62 valence electrons. The molecule has 0 aromatic heterocycles. The van der Waals surface area contributed by atoms with Gasteiger partial charge >= 0.3 is 0 Å². The van der Waals surface area contributed by atoms with E-state index in [2.05, 4.69) is 33.0 Å². The van der Waals surface area contributed by atoms with Crippen LogP contribution >= 0.6 is 0 Å². The minimum Gasteiger partial charge on any atom is -0.317 e. The molecule has 0 saturated carbocycles. The first-order valence-corrected chi connectivity index (χ1v) is 4.27. The van der Waals surface area contributed by atoms with Crippen molar-refractivity contribution >= 4 is 0 Å². The van der Waals surface area contributed by atoms with E-state index in [1.807, 2.05) is 0 Å². The van der Waals surface area contributed by atoms with Crippen LogP contribution in [0.4, 0.5) is 0 Å². The van der Waals surface area contributed by atoms with Crippen LogP contribution in [-0.2, 0) is 0 Å². The Morgan fingerprint density at radius 1 is 1.10 bits per heavy atom. The Hall–Kier alpha value is -0.0400. The van der Waals surface area contributed by atoms with Crippen LogP contribution in [0.1, 0.15) is 40.5 Å². The molecule has 0 aliphatic rings. The molecular weight excluding hydrogens is 122 g/mol. The summed E-state index contributed by atoms with van der Waals surface area (Å²) in [6.45, 7) is 11.4. The predicted molar refractivity (Wildman–Crippen MR) is 47.2 cm³/mol. The zero-order chi connectivity index (χ0) is 8.04. The maximum atomic E-state index is 3.39. The van der Waals surface area contributed by atoms with E-state index in [1.54, 1.807) is 0 Å². The van der Waals surface area contributed by atoms with Crippen molar-refractivity contribution in [1.29, 1.82) is 0 Å². The van der Waals surface area contributed by atoms with Gasteiger partial charge in [-0.15, -0.1) is 0 Å². The number of hydrogen-bond donors (Lipinski definition) is 1. The molecule has 1 nitrogen and oxygen atoms in total. The minimum atomic E-state index is 0.487. The Kier molecular flexibility index (Phi) is 4.71. The molecule has 0 aromatic rings. The van der Waals surface area contributed by atoms with Gasteiger partial charge in [0.25, 0.3) is 0 Å². The highest BCUT2D eigenvalue weighted by Crippen LogP contribution is 2.16. The van der Waals surface area contributed by atoms with Crippen molar-refractivity contribution in [3.8, 4) is 0 Å². The van der Waals surface area contributed by atoms with Gasteiger partial charge in [0.05, 0.1) is 0 Å². The van der Waals surface area contributed by atoms with Gasteiger partial charge in [0.15, 0.2) is 0 Å².